The minimum atomic E-state index is -0.344. The molecule has 0 radical (unpaired) electrons. The molecular formula is C18H19NO3. The fraction of sp³-hybridized carbons (Fsp3) is 0.278. The lowest BCUT2D eigenvalue weighted by Crippen LogP contribution is -2.30. The standard InChI is InChI=1S/C18H19NO3/c1-13-11-19(16-6-4-3-5-7-16)12-15-9-8-14(18(20)21-2)10-17(15)22-13/h3-10,13H,11-12H2,1-2H3/t13-/m1/s1. The van der Waals surface area contributed by atoms with Crippen molar-refractivity contribution < 1.29 is 14.3 Å². The van der Waals surface area contributed by atoms with E-state index in [2.05, 4.69) is 17.0 Å². The minimum Gasteiger partial charge on any atom is -0.488 e. The maximum atomic E-state index is 11.7. The largest absolute Gasteiger partial charge is 0.488 e. The summed E-state index contributed by atoms with van der Waals surface area (Å²) in [6.07, 6.45) is 0.0364. The van der Waals surface area contributed by atoms with Gasteiger partial charge in [-0.2, -0.15) is 0 Å². The van der Waals surface area contributed by atoms with Crippen LogP contribution in [0.25, 0.3) is 0 Å². The zero-order chi connectivity index (χ0) is 15.5. The first-order valence-electron chi connectivity index (χ1n) is 7.35. The Morgan fingerprint density at radius 3 is 2.73 bits per heavy atom. The molecule has 114 valence electrons. The van der Waals surface area contributed by atoms with Gasteiger partial charge in [0.15, 0.2) is 0 Å². The van der Waals surface area contributed by atoms with Gasteiger partial charge in [-0.25, -0.2) is 4.79 Å². The van der Waals surface area contributed by atoms with E-state index < -0.39 is 0 Å². The number of fused-ring (bicyclic) bond motifs is 1. The quantitative estimate of drug-likeness (QED) is 0.798. The molecule has 1 aliphatic rings. The van der Waals surface area contributed by atoms with Crippen molar-refractivity contribution in [2.75, 3.05) is 18.6 Å². The predicted octanol–water partition coefficient (Wildman–Crippen LogP) is 3.26. The molecule has 4 heteroatoms. The Hall–Kier alpha value is -2.49. The predicted molar refractivity (Wildman–Crippen MR) is 85.4 cm³/mol. The zero-order valence-corrected chi connectivity index (χ0v) is 12.8. The molecular weight excluding hydrogens is 278 g/mol. The van der Waals surface area contributed by atoms with Crippen LogP contribution < -0.4 is 9.64 Å². The van der Waals surface area contributed by atoms with Crippen LogP contribution in [0.5, 0.6) is 5.75 Å². The van der Waals surface area contributed by atoms with Gasteiger partial charge in [-0.1, -0.05) is 24.3 Å². The van der Waals surface area contributed by atoms with E-state index in [0.717, 1.165) is 24.4 Å². The average Bonchev–Trinajstić information content (AvgIpc) is 2.72. The van der Waals surface area contributed by atoms with Gasteiger partial charge in [-0.05, 0) is 31.2 Å². The van der Waals surface area contributed by atoms with Gasteiger partial charge in [0.05, 0.1) is 19.2 Å². The van der Waals surface area contributed by atoms with Crippen molar-refractivity contribution in [2.24, 2.45) is 0 Å². The van der Waals surface area contributed by atoms with Gasteiger partial charge in [-0.15, -0.1) is 0 Å². The van der Waals surface area contributed by atoms with Crippen molar-refractivity contribution in [1.82, 2.24) is 0 Å². The molecule has 2 aromatic carbocycles. The molecule has 0 bridgehead atoms. The van der Waals surface area contributed by atoms with E-state index in [1.807, 2.05) is 31.2 Å². The summed E-state index contributed by atoms with van der Waals surface area (Å²) in [7, 11) is 1.38. The van der Waals surface area contributed by atoms with E-state index >= 15 is 0 Å². The first-order valence-corrected chi connectivity index (χ1v) is 7.35. The molecule has 0 N–H and O–H groups in total. The topological polar surface area (TPSA) is 38.8 Å². The molecule has 1 heterocycles. The summed E-state index contributed by atoms with van der Waals surface area (Å²) < 4.78 is 10.8. The third-order valence-electron chi connectivity index (χ3n) is 3.78. The van der Waals surface area contributed by atoms with Crippen molar-refractivity contribution in [3.8, 4) is 5.75 Å². The van der Waals surface area contributed by atoms with Crippen molar-refractivity contribution in [2.45, 2.75) is 19.6 Å². The first-order chi connectivity index (χ1) is 10.7. The molecule has 1 aliphatic heterocycles. The Bertz CT molecular complexity index is 669. The molecule has 0 aromatic heterocycles. The molecule has 0 aliphatic carbocycles. The molecule has 4 nitrogen and oxygen atoms in total. The Morgan fingerprint density at radius 1 is 1.23 bits per heavy atom. The number of benzene rings is 2. The van der Waals surface area contributed by atoms with Crippen molar-refractivity contribution in [1.29, 1.82) is 0 Å². The van der Waals surface area contributed by atoms with E-state index in [9.17, 15) is 4.79 Å². The summed E-state index contributed by atoms with van der Waals surface area (Å²) in [4.78, 5) is 14.0. The highest BCUT2D eigenvalue weighted by molar-refractivity contribution is 5.90. The lowest BCUT2D eigenvalue weighted by Gasteiger charge is -2.24. The number of hydrogen-bond acceptors (Lipinski definition) is 4. The highest BCUT2D eigenvalue weighted by Gasteiger charge is 2.21. The van der Waals surface area contributed by atoms with Crippen molar-refractivity contribution >= 4 is 11.7 Å². The second-order valence-corrected chi connectivity index (χ2v) is 5.46. The summed E-state index contributed by atoms with van der Waals surface area (Å²) >= 11 is 0. The Balaban J connectivity index is 1.93. The molecule has 3 rings (SSSR count). The van der Waals surface area contributed by atoms with E-state index in [1.165, 1.54) is 12.8 Å². The van der Waals surface area contributed by atoms with Gasteiger partial charge in [-0.3, -0.25) is 0 Å². The maximum Gasteiger partial charge on any atom is 0.337 e. The number of methoxy groups -OCH3 is 1. The van der Waals surface area contributed by atoms with Crippen LogP contribution in [0.15, 0.2) is 48.5 Å². The highest BCUT2D eigenvalue weighted by atomic mass is 16.5. The van der Waals surface area contributed by atoms with Crippen LogP contribution in [0.2, 0.25) is 0 Å². The molecule has 0 fully saturated rings. The van der Waals surface area contributed by atoms with E-state index in [4.69, 9.17) is 9.47 Å². The van der Waals surface area contributed by atoms with Crippen LogP contribution >= 0.6 is 0 Å². The van der Waals surface area contributed by atoms with Crippen molar-refractivity contribution in [3.63, 3.8) is 0 Å². The van der Waals surface area contributed by atoms with Crippen LogP contribution in [-0.2, 0) is 11.3 Å². The first kappa shape index (κ1) is 14.4. The molecule has 0 saturated carbocycles. The number of para-hydroxylation sites is 1. The molecule has 0 amide bonds. The van der Waals surface area contributed by atoms with E-state index in [1.54, 1.807) is 12.1 Å². The van der Waals surface area contributed by atoms with Gasteiger partial charge in [0.1, 0.15) is 11.9 Å². The minimum absolute atomic E-state index is 0.0364. The smallest absolute Gasteiger partial charge is 0.337 e. The summed E-state index contributed by atoms with van der Waals surface area (Å²) in [5, 5.41) is 0. The highest BCUT2D eigenvalue weighted by Crippen LogP contribution is 2.29. The number of ether oxygens (including phenoxy) is 2. The summed E-state index contributed by atoms with van der Waals surface area (Å²) in [5.41, 5.74) is 2.75. The number of anilines is 1. The summed E-state index contributed by atoms with van der Waals surface area (Å²) in [6, 6.07) is 15.8. The van der Waals surface area contributed by atoms with E-state index in [0.29, 0.717) is 5.56 Å². The Kier molecular flexibility index (Phi) is 4.00. The van der Waals surface area contributed by atoms with Gasteiger partial charge in [0, 0.05) is 17.8 Å². The van der Waals surface area contributed by atoms with Gasteiger partial charge < -0.3 is 14.4 Å². The van der Waals surface area contributed by atoms with Crippen LogP contribution in [-0.4, -0.2) is 25.7 Å². The maximum absolute atomic E-state index is 11.7. The van der Waals surface area contributed by atoms with Crippen LogP contribution in [0.4, 0.5) is 5.69 Å². The fourth-order valence-corrected chi connectivity index (χ4v) is 2.71. The van der Waals surface area contributed by atoms with Gasteiger partial charge >= 0.3 is 5.97 Å². The number of carbonyl (C=O) groups is 1. The second-order valence-electron chi connectivity index (χ2n) is 5.46. The summed E-state index contributed by atoms with van der Waals surface area (Å²) in [6.45, 7) is 3.59. The fourth-order valence-electron chi connectivity index (χ4n) is 2.71. The van der Waals surface area contributed by atoms with Crippen LogP contribution in [0.1, 0.15) is 22.8 Å². The zero-order valence-electron chi connectivity index (χ0n) is 12.8. The number of esters is 1. The monoisotopic (exact) mass is 297 g/mol. The third-order valence-corrected chi connectivity index (χ3v) is 3.78. The summed E-state index contributed by atoms with van der Waals surface area (Å²) in [5.74, 6) is 0.414. The number of nitrogens with zero attached hydrogens (tertiary/aromatic N) is 1. The van der Waals surface area contributed by atoms with E-state index in [-0.39, 0.29) is 12.1 Å². The lowest BCUT2D eigenvalue weighted by molar-refractivity contribution is 0.0600. The average molecular weight is 297 g/mol. The Morgan fingerprint density at radius 2 is 2.00 bits per heavy atom. The molecule has 0 unspecified atom stereocenters. The normalized spacial score (nSPS) is 17.2. The Labute approximate surface area is 130 Å². The number of rotatable bonds is 2. The SMILES string of the molecule is COC(=O)c1ccc2c(c1)O[C@H](C)CN(c1ccccc1)C2. The van der Waals surface area contributed by atoms with Crippen LogP contribution in [0.3, 0.4) is 0 Å². The number of hydrogen-bond donors (Lipinski definition) is 0. The lowest BCUT2D eigenvalue weighted by atomic mass is 10.1. The third kappa shape index (κ3) is 2.91. The van der Waals surface area contributed by atoms with Gasteiger partial charge in [0.25, 0.3) is 0 Å². The molecule has 1 atom stereocenters. The molecule has 0 spiro atoms. The van der Waals surface area contributed by atoms with Crippen LogP contribution in [0, 0.1) is 0 Å². The molecule has 22 heavy (non-hydrogen) atoms. The van der Waals surface area contributed by atoms with Crippen molar-refractivity contribution in [3.05, 3.63) is 59.7 Å². The number of carbonyl (C=O) groups excluding carboxylic acids is 1. The molecule has 2 aromatic rings. The molecule has 0 saturated heterocycles. The second kappa shape index (κ2) is 6.10. The van der Waals surface area contributed by atoms with Gasteiger partial charge in [0.2, 0.25) is 0 Å².